The van der Waals surface area contributed by atoms with E-state index in [1.807, 2.05) is 25.6 Å². The maximum absolute atomic E-state index is 6.08. The molecule has 1 aromatic rings. The first-order valence-corrected chi connectivity index (χ1v) is 6.83. The first-order chi connectivity index (χ1) is 8.45. The standard InChI is InChI=1S/C14H27N3O/c1-7-13(9-15-8-10(2)3)18-14-11(4)16-17(6)12(14)5/h10,13,15H,7-9H2,1-6H3. The minimum atomic E-state index is 0.213. The lowest BCUT2D eigenvalue weighted by Crippen LogP contribution is -2.33. The zero-order valence-electron chi connectivity index (χ0n) is 12.6. The van der Waals surface area contributed by atoms with Crippen LogP contribution in [0.2, 0.25) is 0 Å². The third-order valence-electron chi connectivity index (χ3n) is 3.11. The van der Waals surface area contributed by atoms with Crippen LogP contribution in [0, 0.1) is 19.8 Å². The molecule has 0 aliphatic carbocycles. The van der Waals surface area contributed by atoms with Gasteiger partial charge in [0, 0.05) is 13.6 Å². The summed E-state index contributed by atoms with van der Waals surface area (Å²) >= 11 is 0. The fourth-order valence-electron chi connectivity index (χ4n) is 1.89. The highest BCUT2D eigenvalue weighted by atomic mass is 16.5. The van der Waals surface area contributed by atoms with Crippen LogP contribution >= 0.6 is 0 Å². The average molecular weight is 253 g/mol. The molecule has 0 saturated carbocycles. The number of hydrogen-bond donors (Lipinski definition) is 1. The number of aryl methyl sites for hydroxylation is 2. The van der Waals surface area contributed by atoms with Crippen LogP contribution in [0.3, 0.4) is 0 Å². The molecule has 18 heavy (non-hydrogen) atoms. The molecule has 104 valence electrons. The van der Waals surface area contributed by atoms with Crippen LogP contribution in [0.4, 0.5) is 0 Å². The van der Waals surface area contributed by atoms with Gasteiger partial charge in [0.15, 0.2) is 5.75 Å². The zero-order chi connectivity index (χ0) is 13.7. The van der Waals surface area contributed by atoms with Crippen molar-refractivity contribution in [3.05, 3.63) is 11.4 Å². The summed E-state index contributed by atoms with van der Waals surface area (Å²) in [6, 6.07) is 0. The second kappa shape index (κ2) is 6.78. The Balaban J connectivity index is 2.57. The van der Waals surface area contributed by atoms with Gasteiger partial charge in [-0.1, -0.05) is 20.8 Å². The summed E-state index contributed by atoms with van der Waals surface area (Å²) in [5.74, 6) is 1.61. The normalized spacial score (nSPS) is 13.1. The predicted octanol–water partition coefficient (Wildman–Crippen LogP) is 2.44. The number of nitrogens with zero attached hydrogens (tertiary/aromatic N) is 2. The maximum atomic E-state index is 6.08. The number of aromatic nitrogens is 2. The molecule has 4 nitrogen and oxygen atoms in total. The van der Waals surface area contributed by atoms with Crippen molar-refractivity contribution in [2.24, 2.45) is 13.0 Å². The molecule has 1 N–H and O–H groups in total. The van der Waals surface area contributed by atoms with Gasteiger partial charge in [-0.3, -0.25) is 4.68 Å². The van der Waals surface area contributed by atoms with E-state index in [1.54, 1.807) is 0 Å². The van der Waals surface area contributed by atoms with E-state index in [1.165, 1.54) is 0 Å². The average Bonchev–Trinajstić information content (AvgIpc) is 2.53. The molecule has 1 heterocycles. The minimum Gasteiger partial charge on any atom is -0.485 e. The molecule has 0 aliphatic rings. The Morgan fingerprint density at radius 1 is 1.28 bits per heavy atom. The molecule has 0 radical (unpaired) electrons. The predicted molar refractivity (Wildman–Crippen MR) is 75.1 cm³/mol. The molecular weight excluding hydrogens is 226 g/mol. The van der Waals surface area contributed by atoms with Gasteiger partial charge in [0.05, 0.1) is 5.69 Å². The molecule has 4 heteroatoms. The van der Waals surface area contributed by atoms with Crippen LogP contribution in [0.25, 0.3) is 0 Å². The van der Waals surface area contributed by atoms with E-state index in [4.69, 9.17) is 4.74 Å². The molecule has 0 saturated heterocycles. The summed E-state index contributed by atoms with van der Waals surface area (Å²) in [7, 11) is 1.95. The molecule has 0 bridgehead atoms. The maximum Gasteiger partial charge on any atom is 0.163 e. The van der Waals surface area contributed by atoms with E-state index in [9.17, 15) is 0 Å². The lowest BCUT2D eigenvalue weighted by molar-refractivity contribution is 0.189. The van der Waals surface area contributed by atoms with Crippen LogP contribution in [0.1, 0.15) is 38.6 Å². The lowest BCUT2D eigenvalue weighted by atomic mass is 10.2. The van der Waals surface area contributed by atoms with Gasteiger partial charge in [-0.25, -0.2) is 0 Å². The molecule has 0 fully saturated rings. The highest BCUT2D eigenvalue weighted by Crippen LogP contribution is 2.23. The second-order valence-electron chi connectivity index (χ2n) is 5.32. The van der Waals surface area contributed by atoms with E-state index in [-0.39, 0.29) is 6.10 Å². The molecule has 1 rings (SSSR count). The van der Waals surface area contributed by atoms with Crippen LogP contribution in [0.15, 0.2) is 0 Å². The van der Waals surface area contributed by atoms with Gasteiger partial charge < -0.3 is 10.1 Å². The third-order valence-corrected chi connectivity index (χ3v) is 3.11. The Hall–Kier alpha value is -1.03. The van der Waals surface area contributed by atoms with Crippen molar-refractivity contribution < 1.29 is 4.74 Å². The van der Waals surface area contributed by atoms with Crippen molar-refractivity contribution >= 4 is 0 Å². The first kappa shape index (κ1) is 15.0. The topological polar surface area (TPSA) is 39.1 Å². The summed E-state index contributed by atoms with van der Waals surface area (Å²) in [5, 5.41) is 7.83. The molecule has 0 aromatic carbocycles. The van der Waals surface area contributed by atoms with Crippen LogP contribution in [-0.2, 0) is 7.05 Å². The monoisotopic (exact) mass is 253 g/mol. The molecule has 0 amide bonds. The van der Waals surface area contributed by atoms with E-state index >= 15 is 0 Å². The van der Waals surface area contributed by atoms with Crippen molar-refractivity contribution in [3.8, 4) is 5.75 Å². The molecule has 0 spiro atoms. The molecule has 1 aromatic heterocycles. The number of rotatable bonds is 7. The van der Waals surface area contributed by atoms with E-state index in [2.05, 4.69) is 31.2 Å². The van der Waals surface area contributed by atoms with Gasteiger partial charge in [-0.15, -0.1) is 0 Å². The van der Waals surface area contributed by atoms with Crippen molar-refractivity contribution in [1.82, 2.24) is 15.1 Å². The Labute approximate surface area is 111 Å². The Morgan fingerprint density at radius 2 is 1.94 bits per heavy atom. The van der Waals surface area contributed by atoms with E-state index in [0.717, 1.165) is 36.6 Å². The molecule has 1 atom stereocenters. The van der Waals surface area contributed by atoms with Gasteiger partial charge >= 0.3 is 0 Å². The van der Waals surface area contributed by atoms with Crippen molar-refractivity contribution in [1.29, 1.82) is 0 Å². The van der Waals surface area contributed by atoms with E-state index in [0.29, 0.717) is 5.92 Å². The van der Waals surface area contributed by atoms with E-state index < -0.39 is 0 Å². The summed E-state index contributed by atoms with van der Waals surface area (Å²) in [5.41, 5.74) is 2.06. The second-order valence-corrected chi connectivity index (χ2v) is 5.32. The molecule has 1 unspecified atom stereocenters. The van der Waals surface area contributed by atoms with Crippen molar-refractivity contribution in [2.75, 3.05) is 13.1 Å². The number of ether oxygens (including phenoxy) is 1. The highest BCUT2D eigenvalue weighted by Gasteiger charge is 2.15. The minimum absolute atomic E-state index is 0.213. The summed E-state index contributed by atoms with van der Waals surface area (Å²) in [4.78, 5) is 0. The number of nitrogens with one attached hydrogen (secondary N) is 1. The van der Waals surface area contributed by atoms with Crippen LogP contribution < -0.4 is 10.1 Å². The van der Waals surface area contributed by atoms with Gasteiger partial charge in [0.25, 0.3) is 0 Å². The van der Waals surface area contributed by atoms with Gasteiger partial charge in [0.1, 0.15) is 11.8 Å². The smallest absolute Gasteiger partial charge is 0.163 e. The van der Waals surface area contributed by atoms with Gasteiger partial charge in [-0.05, 0) is 32.7 Å². The van der Waals surface area contributed by atoms with Crippen LogP contribution in [-0.4, -0.2) is 29.0 Å². The van der Waals surface area contributed by atoms with Crippen LogP contribution in [0.5, 0.6) is 5.75 Å². The zero-order valence-corrected chi connectivity index (χ0v) is 12.6. The van der Waals surface area contributed by atoms with Gasteiger partial charge in [0.2, 0.25) is 0 Å². The lowest BCUT2D eigenvalue weighted by Gasteiger charge is -2.19. The van der Waals surface area contributed by atoms with Crippen molar-refractivity contribution in [2.45, 2.75) is 47.1 Å². The third kappa shape index (κ3) is 4.02. The summed E-state index contributed by atoms with van der Waals surface area (Å²) in [6.45, 7) is 12.5. The fraction of sp³-hybridized carbons (Fsp3) is 0.786. The number of hydrogen-bond acceptors (Lipinski definition) is 3. The quantitative estimate of drug-likeness (QED) is 0.811. The molecular formula is C14H27N3O. The fourth-order valence-corrected chi connectivity index (χ4v) is 1.89. The summed E-state index contributed by atoms with van der Waals surface area (Å²) in [6.07, 6.45) is 1.21. The Kier molecular flexibility index (Phi) is 5.66. The van der Waals surface area contributed by atoms with Gasteiger partial charge in [-0.2, -0.15) is 5.10 Å². The highest BCUT2D eigenvalue weighted by molar-refractivity contribution is 5.31. The SMILES string of the molecule is CCC(CNCC(C)C)Oc1c(C)nn(C)c1C. The Morgan fingerprint density at radius 3 is 2.39 bits per heavy atom. The largest absolute Gasteiger partial charge is 0.485 e. The van der Waals surface area contributed by atoms with Crippen molar-refractivity contribution in [3.63, 3.8) is 0 Å². The Bertz CT molecular complexity index is 371. The first-order valence-electron chi connectivity index (χ1n) is 6.83. The summed E-state index contributed by atoms with van der Waals surface area (Å²) < 4.78 is 7.96. The molecule has 0 aliphatic heterocycles.